The van der Waals surface area contributed by atoms with Crippen LogP contribution in [0.3, 0.4) is 0 Å². The van der Waals surface area contributed by atoms with Crippen molar-refractivity contribution in [2.24, 2.45) is 0 Å². The van der Waals surface area contributed by atoms with E-state index in [1.54, 1.807) is 0 Å². The van der Waals surface area contributed by atoms with E-state index in [4.69, 9.17) is 5.11 Å². The average Bonchev–Trinajstić information content (AvgIpc) is 2.70. The molecule has 0 aliphatic heterocycles. The molecular weight excluding hydrogens is 220 g/mol. The largest absolute Gasteiger partial charge is 0.388 e. The number of rotatable bonds is 3. The Balaban J connectivity index is 2.50. The Labute approximate surface area is 98.5 Å². The smallest absolute Gasteiger partial charge is 0.198 e. The second-order valence-corrected chi connectivity index (χ2v) is 5.23. The van der Waals surface area contributed by atoms with Gasteiger partial charge >= 0.3 is 0 Å². The Morgan fingerprint density at radius 3 is 2.75 bits per heavy atom. The maximum Gasteiger partial charge on any atom is 0.198 e. The minimum absolute atomic E-state index is 0.202. The standard InChI is InChI=1S/C13H14O2S/c1-8(2)9-3-4-12-10(5-9)6-13(16-12)11(15)7-14/h3-6,8,14H,7H2,1-2H3. The molecule has 0 aliphatic carbocycles. The second-order valence-electron chi connectivity index (χ2n) is 4.14. The molecule has 1 aromatic heterocycles. The van der Waals surface area contributed by atoms with Gasteiger partial charge in [0, 0.05) is 4.70 Å². The van der Waals surface area contributed by atoms with Crippen LogP contribution in [0.5, 0.6) is 0 Å². The monoisotopic (exact) mass is 234 g/mol. The Morgan fingerprint density at radius 1 is 1.38 bits per heavy atom. The van der Waals surface area contributed by atoms with Crippen molar-refractivity contribution in [3.63, 3.8) is 0 Å². The number of thiophene rings is 1. The normalized spacial score (nSPS) is 11.2. The van der Waals surface area contributed by atoms with Gasteiger partial charge < -0.3 is 5.11 Å². The molecule has 0 fully saturated rings. The predicted octanol–water partition coefficient (Wildman–Crippen LogP) is 3.20. The summed E-state index contributed by atoms with van der Waals surface area (Å²) in [5.41, 5.74) is 1.27. The number of ketones is 1. The molecule has 1 heterocycles. The van der Waals surface area contributed by atoms with E-state index in [1.165, 1.54) is 16.9 Å². The molecule has 16 heavy (non-hydrogen) atoms. The molecule has 84 valence electrons. The Bertz CT molecular complexity index is 526. The summed E-state index contributed by atoms with van der Waals surface area (Å²) in [6.45, 7) is 3.88. The topological polar surface area (TPSA) is 37.3 Å². The number of hydrogen-bond donors (Lipinski definition) is 1. The van der Waals surface area contributed by atoms with Crippen molar-refractivity contribution >= 4 is 27.2 Å². The van der Waals surface area contributed by atoms with Gasteiger partial charge in [0.15, 0.2) is 5.78 Å². The van der Waals surface area contributed by atoms with Crippen molar-refractivity contribution in [1.29, 1.82) is 0 Å². The first-order valence-electron chi connectivity index (χ1n) is 5.29. The highest BCUT2D eigenvalue weighted by Crippen LogP contribution is 2.28. The van der Waals surface area contributed by atoms with Crippen molar-refractivity contribution in [2.75, 3.05) is 6.61 Å². The summed E-state index contributed by atoms with van der Waals surface area (Å²) in [5, 5.41) is 9.90. The third-order valence-electron chi connectivity index (χ3n) is 2.63. The number of Topliss-reactive ketones (excluding diaryl/α,β-unsaturated/α-hetero) is 1. The van der Waals surface area contributed by atoms with Crippen LogP contribution in [0.25, 0.3) is 10.1 Å². The van der Waals surface area contributed by atoms with Crippen molar-refractivity contribution in [1.82, 2.24) is 0 Å². The summed E-state index contributed by atoms with van der Waals surface area (Å²) in [5.74, 6) is 0.286. The lowest BCUT2D eigenvalue weighted by Crippen LogP contribution is -2.00. The van der Waals surface area contributed by atoms with Crippen molar-refractivity contribution in [3.8, 4) is 0 Å². The SMILES string of the molecule is CC(C)c1ccc2sc(C(=O)CO)cc2c1. The number of fused-ring (bicyclic) bond motifs is 1. The molecule has 1 N–H and O–H groups in total. The molecule has 2 aromatic rings. The molecule has 0 spiro atoms. The zero-order valence-corrected chi connectivity index (χ0v) is 10.2. The molecule has 0 amide bonds. The highest BCUT2D eigenvalue weighted by atomic mass is 32.1. The number of carbonyl (C=O) groups excluding carboxylic acids is 1. The lowest BCUT2D eigenvalue weighted by molar-refractivity contribution is 0.0908. The summed E-state index contributed by atoms with van der Waals surface area (Å²) in [6.07, 6.45) is 0. The summed E-state index contributed by atoms with van der Waals surface area (Å²) < 4.78 is 1.10. The molecular formula is C13H14O2S. The average molecular weight is 234 g/mol. The third kappa shape index (κ3) is 2.01. The van der Waals surface area contributed by atoms with Crippen LogP contribution >= 0.6 is 11.3 Å². The van der Waals surface area contributed by atoms with E-state index in [1.807, 2.05) is 12.1 Å². The predicted molar refractivity (Wildman–Crippen MR) is 67.3 cm³/mol. The van der Waals surface area contributed by atoms with Gasteiger partial charge in [-0.25, -0.2) is 0 Å². The van der Waals surface area contributed by atoms with Crippen LogP contribution in [-0.4, -0.2) is 17.5 Å². The molecule has 0 bridgehead atoms. The van der Waals surface area contributed by atoms with Gasteiger partial charge in [0.05, 0.1) is 4.88 Å². The Hall–Kier alpha value is -1.19. The van der Waals surface area contributed by atoms with Gasteiger partial charge in [-0.2, -0.15) is 0 Å². The van der Waals surface area contributed by atoms with Gasteiger partial charge in [0.25, 0.3) is 0 Å². The van der Waals surface area contributed by atoms with Crippen molar-refractivity contribution in [2.45, 2.75) is 19.8 Å². The lowest BCUT2D eigenvalue weighted by Gasteiger charge is -2.03. The number of carbonyl (C=O) groups is 1. The summed E-state index contributed by atoms with van der Waals surface area (Å²) in [6, 6.07) is 8.12. The van der Waals surface area contributed by atoms with Crippen LogP contribution < -0.4 is 0 Å². The fraction of sp³-hybridized carbons (Fsp3) is 0.308. The van der Waals surface area contributed by atoms with Gasteiger partial charge in [-0.1, -0.05) is 26.0 Å². The van der Waals surface area contributed by atoms with Crippen LogP contribution in [0.2, 0.25) is 0 Å². The molecule has 0 aliphatic rings. The third-order valence-corrected chi connectivity index (χ3v) is 3.78. The maximum atomic E-state index is 11.4. The van der Waals surface area contributed by atoms with E-state index in [-0.39, 0.29) is 5.78 Å². The minimum atomic E-state index is -0.413. The van der Waals surface area contributed by atoms with Crippen molar-refractivity contribution < 1.29 is 9.90 Å². The van der Waals surface area contributed by atoms with Gasteiger partial charge in [-0.15, -0.1) is 11.3 Å². The lowest BCUT2D eigenvalue weighted by atomic mass is 10.0. The van der Waals surface area contributed by atoms with E-state index < -0.39 is 6.61 Å². The number of aliphatic hydroxyl groups excluding tert-OH is 1. The first-order chi connectivity index (χ1) is 7.61. The summed E-state index contributed by atoms with van der Waals surface area (Å²) in [4.78, 5) is 12.0. The maximum absolute atomic E-state index is 11.4. The molecule has 2 nitrogen and oxygen atoms in total. The van der Waals surface area contributed by atoms with Gasteiger partial charge in [-0.3, -0.25) is 4.79 Å². The highest BCUT2D eigenvalue weighted by Gasteiger charge is 2.09. The van der Waals surface area contributed by atoms with Crippen LogP contribution in [0.1, 0.15) is 35.0 Å². The van der Waals surface area contributed by atoms with Gasteiger partial charge in [0.1, 0.15) is 6.61 Å². The molecule has 3 heteroatoms. The van der Waals surface area contributed by atoms with E-state index in [9.17, 15) is 4.79 Å². The zero-order valence-electron chi connectivity index (χ0n) is 9.36. The fourth-order valence-electron chi connectivity index (χ4n) is 1.64. The summed E-state index contributed by atoms with van der Waals surface area (Å²) >= 11 is 1.44. The number of hydrogen-bond acceptors (Lipinski definition) is 3. The van der Waals surface area contributed by atoms with E-state index in [0.717, 1.165) is 10.1 Å². The van der Waals surface area contributed by atoms with Crippen LogP contribution in [0, 0.1) is 0 Å². The highest BCUT2D eigenvalue weighted by molar-refractivity contribution is 7.20. The minimum Gasteiger partial charge on any atom is -0.388 e. The fourth-order valence-corrected chi connectivity index (χ4v) is 2.61. The van der Waals surface area contributed by atoms with E-state index in [2.05, 4.69) is 26.0 Å². The molecule has 0 radical (unpaired) electrons. The molecule has 0 saturated heterocycles. The van der Waals surface area contributed by atoms with Crippen LogP contribution in [0.15, 0.2) is 24.3 Å². The summed E-state index contributed by atoms with van der Waals surface area (Å²) in [7, 11) is 0. The molecule has 0 saturated carbocycles. The van der Waals surface area contributed by atoms with E-state index in [0.29, 0.717) is 10.8 Å². The van der Waals surface area contributed by atoms with Gasteiger partial charge in [0.2, 0.25) is 0 Å². The Morgan fingerprint density at radius 2 is 2.12 bits per heavy atom. The zero-order chi connectivity index (χ0) is 11.7. The molecule has 0 atom stereocenters. The molecule has 2 rings (SSSR count). The van der Waals surface area contributed by atoms with Crippen LogP contribution in [-0.2, 0) is 0 Å². The quantitative estimate of drug-likeness (QED) is 0.828. The number of benzene rings is 1. The van der Waals surface area contributed by atoms with Gasteiger partial charge in [-0.05, 0) is 29.0 Å². The first-order valence-corrected chi connectivity index (χ1v) is 6.11. The van der Waals surface area contributed by atoms with Crippen LogP contribution in [0.4, 0.5) is 0 Å². The number of aliphatic hydroxyl groups is 1. The van der Waals surface area contributed by atoms with E-state index >= 15 is 0 Å². The first kappa shape index (κ1) is 11.3. The second kappa shape index (κ2) is 4.36. The molecule has 0 unspecified atom stereocenters. The Kier molecular flexibility index (Phi) is 3.08. The van der Waals surface area contributed by atoms with Crippen molar-refractivity contribution in [3.05, 3.63) is 34.7 Å². The molecule has 1 aromatic carbocycles.